The van der Waals surface area contributed by atoms with Crippen LogP contribution in [0.15, 0.2) is 12.3 Å². The molecule has 1 saturated heterocycles. The van der Waals surface area contributed by atoms with E-state index in [2.05, 4.69) is 5.10 Å². The highest BCUT2D eigenvalue weighted by Crippen LogP contribution is 2.17. The number of aryl methyl sites for hydroxylation is 1. The maximum atomic E-state index is 10.6. The third kappa shape index (κ3) is 2.82. The van der Waals surface area contributed by atoms with Crippen molar-refractivity contribution in [1.82, 2.24) is 9.78 Å². The van der Waals surface area contributed by atoms with Crippen molar-refractivity contribution in [2.75, 3.05) is 6.61 Å². The fraction of sp³-hybridized carbons (Fsp3) is 0.636. The summed E-state index contributed by atoms with van der Waals surface area (Å²) in [5.74, 6) is -0.974. The number of hydrogen-bond donors (Lipinski definition) is 1. The van der Waals surface area contributed by atoms with Crippen LogP contribution in [-0.2, 0) is 11.3 Å². The molecule has 0 aromatic carbocycles. The molecule has 1 unspecified atom stereocenters. The molecule has 1 N–H and O–H groups in total. The lowest BCUT2D eigenvalue weighted by Crippen LogP contribution is -2.08. The molecule has 0 amide bonds. The van der Waals surface area contributed by atoms with Gasteiger partial charge in [-0.3, -0.25) is 4.68 Å². The maximum Gasteiger partial charge on any atom is 0.356 e. The molecule has 2 rings (SSSR count). The minimum absolute atomic E-state index is 0.108. The molecule has 0 aliphatic carbocycles. The van der Waals surface area contributed by atoms with E-state index in [-0.39, 0.29) is 5.69 Å². The lowest BCUT2D eigenvalue weighted by atomic mass is 10.1. The first kappa shape index (κ1) is 11.1. The first-order valence-corrected chi connectivity index (χ1v) is 5.64. The number of carbonyl (C=O) groups is 1. The van der Waals surface area contributed by atoms with Crippen LogP contribution >= 0.6 is 0 Å². The van der Waals surface area contributed by atoms with E-state index in [0.29, 0.717) is 6.10 Å². The zero-order valence-corrected chi connectivity index (χ0v) is 9.13. The first-order chi connectivity index (χ1) is 7.75. The largest absolute Gasteiger partial charge is 0.476 e. The molecular weight excluding hydrogens is 208 g/mol. The Labute approximate surface area is 94.0 Å². The van der Waals surface area contributed by atoms with Crippen LogP contribution in [0.25, 0.3) is 0 Å². The van der Waals surface area contributed by atoms with Gasteiger partial charge in [-0.2, -0.15) is 5.10 Å². The molecule has 16 heavy (non-hydrogen) atoms. The summed E-state index contributed by atoms with van der Waals surface area (Å²) >= 11 is 0. The molecular formula is C11H16N2O3. The van der Waals surface area contributed by atoms with E-state index in [0.717, 1.165) is 38.8 Å². The predicted octanol–water partition coefficient (Wildman–Crippen LogP) is 1.54. The highest BCUT2D eigenvalue weighted by atomic mass is 16.5. The monoisotopic (exact) mass is 224 g/mol. The van der Waals surface area contributed by atoms with Gasteiger partial charge in [-0.05, 0) is 31.7 Å². The molecule has 1 aliphatic heterocycles. The summed E-state index contributed by atoms with van der Waals surface area (Å²) in [7, 11) is 0. The highest BCUT2D eigenvalue weighted by Gasteiger charge is 2.14. The van der Waals surface area contributed by atoms with Crippen LogP contribution in [0.3, 0.4) is 0 Å². The minimum atomic E-state index is -0.974. The second-order valence-corrected chi connectivity index (χ2v) is 4.05. The number of rotatable bonds is 5. The van der Waals surface area contributed by atoms with Gasteiger partial charge in [0.05, 0.1) is 6.10 Å². The average Bonchev–Trinajstić information content (AvgIpc) is 2.87. The van der Waals surface area contributed by atoms with Crippen molar-refractivity contribution in [1.29, 1.82) is 0 Å². The number of carboxylic acid groups (broad SMARTS) is 1. The van der Waals surface area contributed by atoms with E-state index in [4.69, 9.17) is 9.84 Å². The number of ether oxygens (including phenoxy) is 1. The quantitative estimate of drug-likeness (QED) is 0.824. The molecule has 1 aromatic rings. The van der Waals surface area contributed by atoms with Gasteiger partial charge in [0.2, 0.25) is 0 Å². The van der Waals surface area contributed by atoms with Gasteiger partial charge < -0.3 is 9.84 Å². The molecule has 0 spiro atoms. The van der Waals surface area contributed by atoms with Gasteiger partial charge >= 0.3 is 5.97 Å². The molecule has 5 nitrogen and oxygen atoms in total. The van der Waals surface area contributed by atoms with Crippen molar-refractivity contribution in [2.24, 2.45) is 0 Å². The topological polar surface area (TPSA) is 64.3 Å². The Morgan fingerprint density at radius 1 is 1.69 bits per heavy atom. The summed E-state index contributed by atoms with van der Waals surface area (Å²) in [6.07, 6.45) is 6.43. The summed E-state index contributed by atoms with van der Waals surface area (Å²) in [5.41, 5.74) is 0.108. The SMILES string of the molecule is O=C(O)c1ccn(CCCC2CCCO2)n1. The molecule has 5 heteroatoms. The van der Waals surface area contributed by atoms with Crippen LogP contribution in [0.1, 0.15) is 36.2 Å². The fourth-order valence-corrected chi connectivity index (χ4v) is 1.95. The Morgan fingerprint density at radius 3 is 3.19 bits per heavy atom. The zero-order chi connectivity index (χ0) is 11.4. The number of carboxylic acids is 1. The van der Waals surface area contributed by atoms with Gasteiger partial charge in [-0.25, -0.2) is 4.79 Å². The predicted molar refractivity (Wildman–Crippen MR) is 57.4 cm³/mol. The van der Waals surface area contributed by atoms with Gasteiger partial charge in [0.1, 0.15) is 0 Å². The van der Waals surface area contributed by atoms with Crippen LogP contribution in [0, 0.1) is 0 Å². The summed E-state index contributed by atoms with van der Waals surface area (Å²) < 4.78 is 7.19. The Balaban J connectivity index is 1.74. The third-order valence-electron chi connectivity index (χ3n) is 2.80. The lowest BCUT2D eigenvalue weighted by Gasteiger charge is -2.08. The van der Waals surface area contributed by atoms with Crippen molar-refractivity contribution < 1.29 is 14.6 Å². The lowest BCUT2D eigenvalue weighted by molar-refractivity contribution is 0.0689. The number of nitrogens with zero attached hydrogens (tertiary/aromatic N) is 2. The van der Waals surface area contributed by atoms with Crippen molar-refractivity contribution in [3.8, 4) is 0 Å². The van der Waals surface area contributed by atoms with Crippen LogP contribution in [0.4, 0.5) is 0 Å². The molecule has 1 aliphatic rings. The minimum Gasteiger partial charge on any atom is -0.476 e. The van der Waals surface area contributed by atoms with Gasteiger partial charge in [0, 0.05) is 19.3 Å². The average molecular weight is 224 g/mol. The summed E-state index contributed by atoms with van der Waals surface area (Å²) in [6, 6.07) is 1.52. The Hall–Kier alpha value is -1.36. The summed E-state index contributed by atoms with van der Waals surface area (Å²) in [4.78, 5) is 10.6. The zero-order valence-electron chi connectivity index (χ0n) is 9.13. The van der Waals surface area contributed by atoms with Crippen molar-refractivity contribution in [2.45, 2.75) is 38.3 Å². The van der Waals surface area contributed by atoms with E-state index in [1.54, 1.807) is 10.9 Å². The smallest absolute Gasteiger partial charge is 0.356 e. The highest BCUT2D eigenvalue weighted by molar-refractivity contribution is 5.84. The number of aromatic carboxylic acids is 1. The van der Waals surface area contributed by atoms with Crippen LogP contribution in [0.5, 0.6) is 0 Å². The summed E-state index contributed by atoms with van der Waals surface area (Å²) in [6.45, 7) is 1.64. The van der Waals surface area contributed by atoms with Gasteiger partial charge in [0.15, 0.2) is 5.69 Å². The van der Waals surface area contributed by atoms with E-state index in [1.807, 2.05) is 0 Å². The second kappa shape index (κ2) is 5.12. The van der Waals surface area contributed by atoms with Crippen molar-refractivity contribution in [3.05, 3.63) is 18.0 Å². The molecule has 2 heterocycles. The Bertz CT molecular complexity index is 356. The molecule has 88 valence electrons. The van der Waals surface area contributed by atoms with E-state index < -0.39 is 5.97 Å². The van der Waals surface area contributed by atoms with E-state index in [1.165, 1.54) is 6.07 Å². The molecule has 1 atom stereocenters. The van der Waals surface area contributed by atoms with Crippen molar-refractivity contribution in [3.63, 3.8) is 0 Å². The molecule has 0 saturated carbocycles. The summed E-state index contributed by atoms with van der Waals surface area (Å²) in [5, 5.41) is 12.7. The van der Waals surface area contributed by atoms with Crippen LogP contribution in [-0.4, -0.2) is 33.6 Å². The molecule has 0 radical (unpaired) electrons. The van der Waals surface area contributed by atoms with Gasteiger partial charge in [-0.1, -0.05) is 0 Å². The molecule has 0 bridgehead atoms. The fourth-order valence-electron chi connectivity index (χ4n) is 1.95. The van der Waals surface area contributed by atoms with Gasteiger partial charge in [0.25, 0.3) is 0 Å². The third-order valence-corrected chi connectivity index (χ3v) is 2.80. The maximum absolute atomic E-state index is 10.6. The first-order valence-electron chi connectivity index (χ1n) is 5.64. The van der Waals surface area contributed by atoms with E-state index in [9.17, 15) is 4.79 Å². The number of aromatic nitrogens is 2. The Kier molecular flexibility index (Phi) is 3.56. The normalized spacial score (nSPS) is 20.1. The van der Waals surface area contributed by atoms with E-state index >= 15 is 0 Å². The standard InChI is InChI=1S/C11H16N2O3/c14-11(15)10-5-7-13(12-10)6-1-3-9-4-2-8-16-9/h5,7,9H,1-4,6,8H2,(H,14,15). The van der Waals surface area contributed by atoms with Crippen LogP contribution in [0.2, 0.25) is 0 Å². The second-order valence-electron chi connectivity index (χ2n) is 4.05. The number of hydrogen-bond acceptors (Lipinski definition) is 3. The molecule has 1 aromatic heterocycles. The van der Waals surface area contributed by atoms with Crippen LogP contribution < -0.4 is 0 Å². The molecule has 1 fully saturated rings. The Morgan fingerprint density at radius 2 is 2.56 bits per heavy atom. The van der Waals surface area contributed by atoms with Crippen molar-refractivity contribution >= 4 is 5.97 Å². The van der Waals surface area contributed by atoms with Gasteiger partial charge in [-0.15, -0.1) is 0 Å².